The van der Waals surface area contributed by atoms with Crippen LogP contribution in [-0.4, -0.2) is 0 Å². The van der Waals surface area contributed by atoms with Crippen molar-refractivity contribution in [2.24, 2.45) is 0 Å². The molecule has 2 rings (SSSR count). The molecule has 2 aromatic rings. The molecule has 0 aliphatic carbocycles. The lowest BCUT2D eigenvalue weighted by atomic mass is 10.1. The molecule has 0 fully saturated rings. The minimum atomic E-state index is -0.807. The van der Waals surface area contributed by atoms with Crippen molar-refractivity contribution in [3.05, 3.63) is 57.8 Å². The van der Waals surface area contributed by atoms with Crippen molar-refractivity contribution in [2.45, 2.75) is 19.5 Å². The summed E-state index contributed by atoms with van der Waals surface area (Å²) >= 11 is 1.64. The maximum atomic E-state index is 13.1. The summed E-state index contributed by atoms with van der Waals surface area (Å²) in [4.78, 5) is 0. The van der Waals surface area contributed by atoms with Crippen LogP contribution in [0.5, 0.6) is 0 Å². The predicted molar refractivity (Wildman–Crippen MR) is 65.9 cm³/mol. The molecule has 1 aromatic carbocycles. The molecule has 0 amide bonds. The van der Waals surface area contributed by atoms with E-state index in [1.165, 1.54) is 11.6 Å². The molecule has 0 aliphatic rings. The van der Waals surface area contributed by atoms with E-state index in [0.717, 1.165) is 18.2 Å². The summed E-state index contributed by atoms with van der Waals surface area (Å²) in [5.74, 6) is -1.61. The zero-order valence-corrected chi connectivity index (χ0v) is 10.2. The molecule has 1 heterocycles. The van der Waals surface area contributed by atoms with Crippen LogP contribution >= 0.6 is 11.3 Å². The smallest absolute Gasteiger partial charge is 0.159 e. The van der Waals surface area contributed by atoms with Crippen molar-refractivity contribution >= 4 is 11.3 Å². The molecule has 17 heavy (non-hydrogen) atoms. The first-order valence-corrected chi connectivity index (χ1v) is 6.30. The van der Waals surface area contributed by atoms with Gasteiger partial charge in [-0.25, -0.2) is 8.78 Å². The summed E-state index contributed by atoms with van der Waals surface area (Å²) in [6, 6.07) is 6.03. The monoisotopic (exact) mass is 253 g/mol. The van der Waals surface area contributed by atoms with Gasteiger partial charge in [-0.1, -0.05) is 6.07 Å². The third-order valence-electron chi connectivity index (χ3n) is 2.64. The Balaban J connectivity index is 1.99. The molecular formula is C13H13F2NS. The summed E-state index contributed by atoms with van der Waals surface area (Å²) in [7, 11) is 0. The highest BCUT2D eigenvalue weighted by Crippen LogP contribution is 2.16. The largest absolute Gasteiger partial charge is 0.306 e. The van der Waals surface area contributed by atoms with Crippen molar-refractivity contribution in [2.75, 3.05) is 0 Å². The van der Waals surface area contributed by atoms with Crippen molar-refractivity contribution in [1.29, 1.82) is 0 Å². The molecule has 0 saturated carbocycles. The van der Waals surface area contributed by atoms with Gasteiger partial charge in [-0.05, 0) is 47.0 Å². The zero-order valence-electron chi connectivity index (χ0n) is 9.41. The average Bonchev–Trinajstić information content (AvgIpc) is 2.82. The fourth-order valence-corrected chi connectivity index (χ4v) is 2.23. The molecule has 1 aromatic heterocycles. The minimum absolute atomic E-state index is 0.00926. The van der Waals surface area contributed by atoms with E-state index >= 15 is 0 Å². The van der Waals surface area contributed by atoms with Gasteiger partial charge in [0.15, 0.2) is 11.6 Å². The van der Waals surface area contributed by atoms with E-state index < -0.39 is 11.6 Å². The van der Waals surface area contributed by atoms with Crippen LogP contribution in [0.25, 0.3) is 0 Å². The number of thiophene rings is 1. The van der Waals surface area contributed by atoms with Gasteiger partial charge in [-0.2, -0.15) is 11.3 Å². The van der Waals surface area contributed by atoms with Crippen LogP contribution in [0.2, 0.25) is 0 Å². The number of nitrogens with one attached hydrogen (secondary N) is 1. The van der Waals surface area contributed by atoms with Gasteiger partial charge in [-0.15, -0.1) is 0 Å². The quantitative estimate of drug-likeness (QED) is 0.872. The number of hydrogen-bond donors (Lipinski definition) is 1. The van der Waals surface area contributed by atoms with Gasteiger partial charge < -0.3 is 5.32 Å². The van der Waals surface area contributed by atoms with Crippen LogP contribution in [-0.2, 0) is 6.54 Å². The minimum Gasteiger partial charge on any atom is -0.306 e. The van der Waals surface area contributed by atoms with Crippen LogP contribution in [0.1, 0.15) is 24.1 Å². The Hall–Kier alpha value is -1.26. The summed E-state index contributed by atoms with van der Waals surface area (Å²) in [5, 5.41) is 7.34. The fourth-order valence-electron chi connectivity index (χ4n) is 1.56. The van der Waals surface area contributed by atoms with Crippen molar-refractivity contribution in [3.8, 4) is 0 Å². The molecule has 0 saturated heterocycles. The van der Waals surface area contributed by atoms with Crippen LogP contribution in [0.15, 0.2) is 35.0 Å². The Kier molecular flexibility index (Phi) is 3.86. The zero-order chi connectivity index (χ0) is 12.3. The lowest BCUT2D eigenvalue weighted by Crippen LogP contribution is -2.17. The second-order valence-electron chi connectivity index (χ2n) is 3.91. The fraction of sp³-hybridized carbons (Fsp3) is 0.231. The van der Waals surface area contributed by atoms with E-state index in [1.54, 1.807) is 17.4 Å². The first-order valence-electron chi connectivity index (χ1n) is 5.36. The topological polar surface area (TPSA) is 12.0 Å². The highest BCUT2D eigenvalue weighted by atomic mass is 32.1. The van der Waals surface area contributed by atoms with Gasteiger partial charge in [0.2, 0.25) is 0 Å². The van der Waals surface area contributed by atoms with Crippen LogP contribution in [0.4, 0.5) is 8.78 Å². The molecule has 4 heteroatoms. The molecule has 1 nitrogen and oxygen atoms in total. The molecule has 0 aliphatic heterocycles. The van der Waals surface area contributed by atoms with Gasteiger partial charge in [0.1, 0.15) is 0 Å². The van der Waals surface area contributed by atoms with Gasteiger partial charge in [0.25, 0.3) is 0 Å². The first-order chi connectivity index (χ1) is 8.16. The summed E-state index contributed by atoms with van der Waals surface area (Å²) in [6.07, 6.45) is 0. The van der Waals surface area contributed by atoms with Gasteiger partial charge >= 0.3 is 0 Å². The highest BCUT2D eigenvalue weighted by Gasteiger charge is 2.08. The van der Waals surface area contributed by atoms with Gasteiger partial charge in [0.05, 0.1) is 0 Å². The normalized spacial score (nSPS) is 12.6. The van der Waals surface area contributed by atoms with Crippen molar-refractivity contribution in [3.63, 3.8) is 0 Å². The Morgan fingerprint density at radius 3 is 2.71 bits per heavy atom. The summed E-state index contributed by atoms with van der Waals surface area (Å²) in [5.41, 5.74) is 1.95. The van der Waals surface area contributed by atoms with E-state index in [4.69, 9.17) is 0 Å². The van der Waals surface area contributed by atoms with Crippen molar-refractivity contribution in [1.82, 2.24) is 5.32 Å². The van der Waals surface area contributed by atoms with Crippen LogP contribution < -0.4 is 5.32 Å². The molecule has 0 radical (unpaired) electrons. The van der Waals surface area contributed by atoms with E-state index in [0.29, 0.717) is 0 Å². The van der Waals surface area contributed by atoms with E-state index in [1.807, 2.05) is 18.4 Å². The van der Waals surface area contributed by atoms with E-state index in [-0.39, 0.29) is 6.04 Å². The lowest BCUT2D eigenvalue weighted by Gasteiger charge is -2.13. The Labute approximate surface area is 103 Å². The SMILES string of the molecule is CC(NCc1ccsc1)c1ccc(F)c(F)c1. The van der Waals surface area contributed by atoms with E-state index in [2.05, 4.69) is 10.7 Å². The number of benzene rings is 1. The molecule has 1 N–H and O–H groups in total. The summed E-state index contributed by atoms with van der Waals surface area (Å²) in [6.45, 7) is 2.66. The second kappa shape index (κ2) is 5.38. The molecule has 1 unspecified atom stereocenters. The van der Waals surface area contributed by atoms with E-state index in [9.17, 15) is 8.78 Å². The standard InChI is InChI=1S/C13H13F2NS/c1-9(16-7-10-4-5-17-8-10)11-2-3-12(14)13(15)6-11/h2-6,8-9,16H,7H2,1H3. The molecular weight excluding hydrogens is 240 g/mol. The van der Waals surface area contributed by atoms with Gasteiger partial charge in [-0.3, -0.25) is 0 Å². The number of rotatable bonds is 4. The average molecular weight is 253 g/mol. The third kappa shape index (κ3) is 3.11. The lowest BCUT2D eigenvalue weighted by molar-refractivity contribution is 0.500. The Bertz CT molecular complexity index is 482. The van der Waals surface area contributed by atoms with Crippen molar-refractivity contribution < 1.29 is 8.78 Å². The number of halogens is 2. The maximum absolute atomic E-state index is 13.1. The second-order valence-corrected chi connectivity index (χ2v) is 4.69. The van der Waals surface area contributed by atoms with Crippen LogP contribution in [0, 0.1) is 11.6 Å². The molecule has 1 atom stereocenters. The first kappa shape index (κ1) is 12.2. The summed E-state index contributed by atoms with van der Waals surface area (Å²) < 4.78 is 25.8. The Morgan fingerprint density at radius 2 is 2.06 bits per heavy atom. The highest BCUT2D eigenvalue weighted by molar-refractivity contribution is 7.07. The molecule has 0 spiro atoms. The van der Waals surface area contributed by atoms with Gasteiger partial charge in [0, 0.05) is 12.6 Å². The third-order valence-corrected chi connectivity index (χ3v) is 3.37. The molecule has 0 bridgehead atoms. The van der Waals surface area contributed by atoms with Crippen LogP contribution in [0.3, 0.4) is 0 Å². The predicted octanol–water partition coefficient (Wildman–Crippen LogP) is 3.88. The number of hydrogen-bond acceptors (Lipinski definition) is 2. The molecule has 90 valence electrons. The Morgan fingerprint density at radius 1 is 1.24 bits per heavy atom. The maximum Gasteiger partial charge on any atom is 0.159 e.